The first-order valence-electron chi connectivity index (χ1n) is 7.21. The number of aromatic nitrogens is 2. The summed E-state index contributed by atoms with van der Waals surface area (Å²) in [6.45, 7) is 0. The monoisotopic (exact) mass is 346 g/mol. The highest BCUT2D eigenvalue weighted by Crippen LogP contribution is 2.35. The molecule has 3 unspecified atom stereocenters. The number of rotatable bonds is 3. The highest BCUT2D eigenvalue weighted by atomic mass is 32.1. The highest BCUT2D eigenvalue weighted by molar-refractivity contribution is 7.18. The topological polar surface area (TPSA) is 75.3 Å². The molecule has 3 atom stereocenters. The summed E-state index contributed by atoms with van der Waals surface area (Å²) in [4.78, 5) is 10.8. The minimum Gasteiger partial charge on any atom is -0.391 e. The molecule has 2 aromatic rings. The summed E-state index contributed by atoms with van der Waals surface area (Å²) < 4.78 is 37.7. The van der Waals surface area contributed by atoms with E-state index in [0.717, 1.165) is 11.3 Å². The van der Waals surface area contributed by atoms with Gasteiger partial charge >= 0.3 is 6.18 Å². The summed E-state index contributed by atoms with van der Waals surface area (Å²) in [7, 11) is 1.77. The Morgan fingerprint density at radius 2 is 2.13 bits per heavy atom. The minimum absolute atomic E-state index is 0.0851. The Kier molecular flexibility index (Phi) is 4.19. The number of hydrogen-bond acceptors (Lipinski definition) is 6. The molecule has 2 aromatic heterocycles. The Balaban J connectivity index is 1.94. The molecule has 0 aromatic carbocycles. The van der Waals surface area contributed by atoms with Gasteiger partial charge in [0.05, 0.1) is 24.0 Å². The van der Waals surface area contributed by atoms with Gasteiger partial charge in [0, 0.05) is 18.0 Å². The Labute approximate surface area is 134 Å². The van der Waals surface area contributed by atoms with Crippen LogP contribution in [-0.2, 0) is 6.42 Å². The van der Waals surface area contributed by atoms with Crippen molar-refractivity contribution >= 4 is 27.4 Å². The van der Waals surface area contributed by atoms with E-state index in [1.807, 2.05) is 0 Å². The Morgan fingerprint density at radius 3 is 2.74 bits per heavy atom. The van der Waals surface area contributed by atoms with Crippen molar-refractivity contribution in [2.24, 2.45) is 5.73 Å². The first-order chi connectivity index (χ1) is 10.7. The van der Waals surface area contributed by atoms with Crippen molar-refractivity contribution in [3.63, 3.8) is 0 Å². The van der Waals surface area contributed by atoms with Crippen LogP contribution in [0.4, 0.5) is 19.0 Å². The molecule has 0 radical (unpaired) electrons. The molecule has 1 aliphatic carbocycles. The van der Waals surface area contributed by atoms with Crippen LogP contribution in [0.3, 0.4) is 0 Å². The van der Waals surface area contributed by atoms with Gasteiger partial charge in [-0.25, -0.2) is 9.97 Å². The molecule has 0 bridgehead atoms. The van der Waals surface area contributed by atoms with Crippen molar-refractivity contribution in [1.29, 1.82) is 0 Å². The summed E-state index contributed by atoms with van der Waals surface area (Å²) in [6.07, 6.45) is -3.35. The molecule has 3 N–H and O–H groups in total. The number of aliphatic hydroxyl groups is 1. The van der Waals surface area contributed by atoms with Crippen LogP contribution in [0.2, 0.25) is 0 Å². The lowest BCUT2D eigenvalue weighted by molar-refractivity contribution is -0.126. The van der Waals surface area contributed by atoms with Gasteiger partial charge in [-0.1, -0.05) is 0 Å². The van der Waals surface area contributed by atoms with Crippen molar-refractivity contribution in [3.8, 4) is 0 Å². The highest BCUT2D eigenvalue weighted by Gasteiger charge is 2.35. The zero-order valence-electron chi connectivity index (χ0n) is 12.4. The lowest BCUT2D eigenvalue weighted by Gasteiger charge is -2.28. The van der Waals surface area contributed by atoms with Gasteiger partial charge < -0.3 is 15.7 Å². The molecular weight excluding hydrogens is 329 g/mol. The molecule has 0 amide bonds. The third kappa shape index (κ3) is 3.41. The molecule has 0 spiro atoms. The SMILES string of the molecule is CN(c1ncnc2sc(CC(F)(F)F)cc12)C1CC(N)CC1O. The molecule has 5 nitrogen and oxygen atoms in total. The van der Waals surface area contributed by atoms with Crippen LogP contribution in [0.1, 0.15) is 17.7 Å². The van der Waals surface area contributed by atoms with Crippen molar-refractivity contribution < 1.29 is 18.3 Å². The Hall–Kier alpha value is -1.45. The van der Waals surface area contributed by atoms with Crippen LogP contribution >= 0.6 is 11.3 Å². The zero-order valence-corrected chi connectivity index (χ0v) is 13.2. The maximum absolute atomic E-state index is 12.6. The van der Waals surface area contributed by atoms with E-state index in [2.05, 4.69) is 9.97 Å². The first-order valence-corrected chi connectivity index (χ1v) is 8.03. The number of hydrogen-bond donors (Lipinski definition) is 2. The van der Waals surface area contributed by atoms with Gasteiger partial charge in [0.15, 0.2) is 0 Å². The molecule has 3 rings (SSSR count). The van der Waals surface area contributed by atoms with E-state index in [4.69, 9.17) is 5.73 Å². The van der Waals surface area contributed by atoms with E-state index in [1.165, 1.54) is 12.4 Å². The van der Waals surface area contributed by atoms with E-state index in [9.17, 15) is 18.3 Å². The minimum atomic E-state index is -4.26. The number of nitrogens with zero attached hydrogens (tertiary/aromatic N) is 3. The molecule has 0 saturated heterocycles. The fraction of sp³-hybridized carbons (Fsp3) is 0.571. The van der Waals surface area contributed by atoms with Gasteiger partial charge in [-0.2, -0.15) is 13.2 Å². The van der Waals surface area contributed by atoms with Crippen molar-refractivity contribution in [1.82, 2.24) is 9.97 Å². The lowest BCUT2D eigenvalue weighted by atomic mass is 10.1. The smallest absolute Gasteiger partial charge is 0.391 e. The number of likely N-dealkylation sites (N-methyl/N-ethyl adjacent to an activating group) is 1. The van der Waals surface area contributed by atoms with Gasteiger partial charge in [-0.3, -0.25) is 0 Å². The van der Waals surface area contributed by atoms with Gasteiger partial charge in [0.2, 0.25) is 0 Å². The number of alkyl halides is 3. The second kappa shape index (κ2) is 5.88. The van der Waals surface area contributed by atoms with E-state index in [1.54, 1.807) is 11.9 Å². The summed E-state index contributed by atoms with van der Waals surface area (Å²) in [5.41, 5.74) is 5.88. The standard InChI is InChI=1S/C14H17F3N4OS/c1-21(10-2-7(18)3-11(10)22)12-9-4-8(5-14(15,16)17)23-13(9)20-6-19-12/h4,6-7,10-11,22H,2-3,5,18H2,1H3. The third-order valence-electron chi connectivity index (χ3n) is 4.10. The molecule has 126 valence electrons. The molecule has 9 heteroatoms. The number of thiophene rings is 1. The third-order valence-corrected chi connectivity index (χ3v) is 5.14. The number of halogens is 3. The van der Waals surface area contributed by atoms with Crippen LogP contribution in [0.25, 0.3) is 10.2 Å². The van der Waals surface area contributed by atoms with Gasteiger partial charge in [-0.05, 0) is 18.9 Å². The maximum atomic E-state index is 12.6. The second-order valence-corrected chi connectivity index (χ2v) is 7.01. The van der Waals surface area contributed by atoms with E-state index in [-0.39, 0.29) is 17.0 Å². The molecular formula is C14H17F3N4OS. The average Bonchev–Trinajstić information content (AvgIpc) is 2.97. The molecule has 2 heterocycles. The summed E-state index contributed by atoms with van der Waals surface area (Å²) in [5, 5.41) is 10.7. The average molecular weight is 346 g/mol. The fourth-order valence-corrected chi connectivity index (χ4v) is 4.08. The number of fused-ring (bicyclic) bond motifs is 1. The Bertz CT molecular complexity index is 705. The van der Waals surface area contributed by atoms with Gasteiger partial charge in [0.25, 0.3) is 0 Å². The maximum Gasteiger partial charge on any atom is 0.393 e. The van der Waals surface area contributed by atoms with E-state index >= 15 is 0 Å². The largest absolute Gasteiger partial charge is 0.393 e. The van der Waals surface area contributed by atoms with E-state index in [0.29, 0.717) is 28.9 Å². The number of aliphatic hydroxyl groups excluding tert-OH is 1. The van der Waals surface area contributed by atoms with Crippen LogP contribution in [0, 0.1) is 0 Å². The fourth-order valence-electron chi connectivity index (χ4n) is 3.06. The Morgan fingerprint density at radius 1 is 1.39 bits per heavy atom. The molecule has 23 heavy (non-hydrogen) atoms. The molecule has 1 saturated carbocycles. The van der Waals surface area contributed by atoms with Crippen LogP contribution < -0.4 is 10.6 Å². The molecule has 1 aliphatic rings. The summed E-state index contributed by atoms with van der Waals surface area (Å²) in [6, 6.07) is 1.20. The lowest BCUT2D eigenvalue weighted by Crippen LogP contribution is -2.38. The predicted octanol–water partition coefficient (Wildman–Crippen LogP) is 2.08. The van der Waals surface area contributed by atoms with Gasteiger partial charge in [0.1, 0.15) is 17.0 Å². The summed E-state index contributed by atoms with van der Waals surface area (Å²) >= 11 is 1.01. The first kappa shape index (κ1) is 16.4. The van der Waals surface area contributed by atoms with E-state index < -0.39 is 18.7 Å². The molecule has 1 fully saturated rings. The van der Waals surface area contributed by atoms with Crippen molar-refractivity contribution in [3.05, 3.63) is 17.3 Å². The predicted molar refractivity (Wildman–Crippen MR) is 82.6 cm³/mol. The van der Waals surface area contributed by atoms with Crippen molar-refractivity contribution in [2.45, 2.75) is 43.6 Å². The zero-order chi connectivity index (χ0) is 16.8. The number of anilines is 1. The van der Waals surface area contributed by atoms with Crippen molar-refractivity contribution in [2.75, 3.05) is 11.9 Å². The van der Waals surface area contributed by atoms with Gasteiger partial charge in [-0.15, -0.1) is 11.3 Å². The van der Waals surface area contributed by atoms with Crippen LogP contribution in [-0.4, -0.2) is 46.5 Å². The number of nitrogens with two attached hydrogens (primary N) is 1. The normalized spacial score (nSPS) is 25.2. The van der Waals surface area contributed by atoms with Crippen LogP contribution in [0.15, 0.2) is 12.4 Å². The summed E-state index contributed by atoms with van der Waals surface area (Å²) in [5.74, 6) is 0.526. The van der Waals surface area contributed by atoms with Crippen LogP contribution in [0.5, 0.6) is 0 Å². The second-order valence-electron chi connectivity index (χ2n) is 5.90. The molecule has 0 aliphatic heterocycles. The quantitative estimate of drug-likeness (QED) is 0.890.